The predicted octanol–water partition coefficient (Wildman–Crippen LogP) is -1.11. The van der Waals surface area contributed by atoms with Crippen molar-refractivity contribution in [1.29, 1.82) is 0 Å². The summed E-state index contributed by atoms with van der Waals surface area (Å²) >= 11 is 0. The Morgan fingerprint density at radius 2 is 1.74 bits per heavy atom. The third-order valence-corrected chi connectivity index (χ3v) is 3.71. The Morgan fingerprint density at radius 3 is 2.32 bits per heavy atom. The molecule has 102 valence electrons. The summed E-state index contributed by atoms with van der Waals surface area (Å²) in [6.45, 7) is 0. The maximum atomic E-state index is 12.0. The zero-order chi connectivity index (χ0) is 13.2. The van der Waals surface area contributed by atoms with Crippen molar-refractivity contribution in [3.05, 3.63) is 48.5 Å². The first-order valence-corrected chi connectivity index (χ1v) is 6.64. The smallest absolute Gasteiger partial charge is 1.00 e. The topological polar surface area (TPSA) is 92.4 Å². The highest BCUT2D eigenvalue weighted by molar-refractivity contribution is 7.92. The van der Waals surface area contributed by atoms with Gasteiger partial charge in [-0.25, -0.2) is 8.42 Å². The van der Waals surface area contributed by atoms with Crippen LogP contribution in [0.4, 0.5) is 11.4 Å². The van der Waals surface area contributed by atoms with E-state index in [0.29, 0.717) is 5.69 Å². The molecule has 0 heterocycles. The zero-order valence-electron chi connectivity index (χ0n) is 10.7. The van der Waals surface area contributed by atoms with Crippen LogP contribution in [0, 0.1) is 0 Å². The molecule has 2 aromatic rings. The van der Waals surface area contributed by atoms with Crippen molar-refractivity contribution in [2.45, 2.75) is 4.90 Å². The maximum absolute atomic E-state index is 12.0. The van der Waals surface area contributed by atoms with Crippen LogP contribution in [0.3, 0.4) is 0 Å². The Hall–Kier alpha value is -1.92. The molecule has 0 saturated heterocycles. The van der Waals surface area contributed by atoms with Crippen LogP contribution in [0.2, 0.25) is 0 Å². The maximum Gasteiger partial charge on any atom is 1.00 e. The summed E-state index contributed by atoms with van der Waals surface area (Å²) in [4.78, 5) is 0.00153. The number of halogens is 1. The molecule has 2 rings (SSSR count). The Labute approximate surface area is 119 Å². The van der Waals surface area contributed by atoms with Crippen LogP contribution in [0.15, 0.2) is 53.4 Å². The van der Waals surface area contributed by atoms with E-state index < -0.39 is 10.0 Å². The molecule has 0 aliphatic carbocycles. The summed E-state index contributed by atoms with van der Waals surface area (Å²) < 4.78 is 26.4. The van der Waals surface area contributed by atoms with E-state index in [0.717, 1.165) is 0 Å². The van der Waals surface area contributed by atoms with Crippen LogP contribution in [-0.2, 0) is 10.0 Å². The van der Waals surface area contributed by atoms with Crippen molar-refractivity contribution in [2.75, 3.05) is 10.5 Å². The number of nitrogen functional groups attached to an aromatic ring is 1. The lowest BCUT2D eigenvalue weighted by Gasteiger charge is -2.08. The van der Waals surface area contributed by atoms with Crippen LogP contribution in [-0.4, -0.2) is 13.5 Å². The Balaban J connectivity index is 0.00000180. The monoisotopic (exact) mass is 300 g/mol. The number of aromatic hydroxyl groups is 1. The summed E-state index contributed by atoms with van der Waals surface area (Å²) in [6, 6.07) is 12.3. The number of rotatable bonds is 3. The second-order valence-corrected chi connectivity index (χ2v) is 5.37. The Bertz CT molecular complexity index is 666. The third kappa shape index (κ3) is 3.52. The van der Waals surface area contributed by atoms with Crippen LogP contribution >= 0.6 is 0 Å². The van der Waals surface area contributed by atoms with E-state index in [9.17, 15) is 13.5 Å². The van der Waals surface area contributed by atoms with Crippen LogP contribution in [0.1, 0.15) is 1.43 Å². The van der Waals surface area contributed by atoms with Gasteiger partial charge in [0.15, 0.2) is 0 Å². The van der Waals surface area contributed by atoms with Gasteiger partial charge in [-0.2, -0.15) is 0 Å². The zero-order valence-corrected chi connectivity index (χ0v) is 11.3. The molecule has 4 N–H and O–H groups in total. The van der Waals surface area contributed by atoms with E-state index in [4.69, 9.17) is 5.73 Å². The molecule has 0 amide bonds. The van der Waals surface area contributed by atoms with Gasteiger partial charge in [0, 0.05) is 5.69 Å². The van der Waals surface area contributed by atoms with Gasteiger partial charge in [-0.15, -0.1) is 0 Å². The third-order valence-electron chi connectivity index (χ3n) is 2.34. The normalized spacial score (nSPS) is 10.5. The molecule has 0 fully saturated rings. The molecule has 7 heteroatoms. The van der Waals surface area contributed by atoms with Crippen LogP contribution in [0.5, 0.6) is 5.75 Å². The van der Waals surface area contributed by atoms with Crippen molar-refractivity contribution < 1.29 is 27.4 Å². The average Bonchev–Trinajstić information content (AvgIpc) is 2.33. The van der Waals surface area contributed by atoms with Gasteiger partial charge in [-0.05, 0) is 30.3 Å². The molecule has 19 heavy (non-hydrogen) atoms. The molecule has 0 saturated carbocycles. The SMILES string of the molecule is Nc1cc(S(=O)(=O)Nc2ccccc2)ccc1O.[Cl-].[H+]. The first kappa shape index (κ1) is 15.1. The minimum atomic E-state index is -3.69. The quantitative estimate of drug-likeness (QED) is 0.495. The lowest BCUT2D eigenvalue weighted by atomic mass is 10.3. The lowest BCUT2D eigenvalue weighted by Crippen LogP contribution is -3.00. The molecule has 0 bridgehead atoms. The van der Waals surface area contributed by atoms with Gasteiger partial charge in [0.05, 0.1) is 10.6 Å². The number of phenols is 1. The number of hydrogen-bond acceptors (Lipinski definition) is 4. The molecule has 0 spiro atoms. The number of phenolic OH excluding ortho intramolecular Hbond substituents is 1. The van der Waals surface area contributed by atoms with Gasteiger partial charge in [-0.3, -0.25) is 4.72 Å². The van der Waals surface area contributed by atoms with Crippen molar-refractivity contribution in [1.82, 2.24) is 0 Å². The molecule has 0 aliphatic rings. The van der Waals surface area contributed by atoms with Crippen LogP contribution in [0.25, 0.3) is 0 Å². The van der Waals surface area contributed by atoms with E-state index in [2.05, 4.69) is 4.72 Å². The summed E-state index contributed by atoms with van der Waals surface area (Å²) in [5, 5.41) is 9.26. The second kappa shape index (κ2) is 5.81. The number of sulfonamides is 1. The van der Waals surface area contributed by atoms with E-state index in [-0.39, 0.29) is 30.2 Å². The molecule has 0 aromatic heterocycles. The highest BCUT2D eigenvalue weighted by Crippen LogP contribution is 2.24. The van der Waals surface area contributed by atoms with Gasteiger partial charge in [0.1, 0.15) is 5.75 Å². The van der Waals surface area contributed by atoms with E-state index in [1.165, 1.54) is 18.2 Å². The summed E-state index contributed by atoms with van der Waals surface area (Å²) in [5.74, 6) is -0.145. The van der Waals surface area contributed by atoms with Crippen molar-refractivity contribution in [2.24, 2.45) is 0 Å². The Kier molecular flexibility index (Phi) is 4.63. The molecule has 2 aromatic carbocycles. The van der Waals surface area contributed by atoms with Gasteiger partial charge in [0.25, 0.3) is 10.0 Å². The fourth-order valence-corrected chi connectivity index (χ4v) is 2.51. The minimum absolute atomic E-state index is 0. The number of benzene rings is 2. The summed E-state index contributed by atoms with van der Waals surface area (Å²) in [7, 11) is -3.69. The molecule has 0 atom stereocenters. The standard InChI is InChI=1S/C12H12N2O3S.ClH/c13-11-8-10(6-7-12(11)15)18(16,17)14-9-4-2-1-3-5-9;/h1-8,14-15H,13H2;1H. The molecular weight excluding hydrogens is 288 g/mol. The number of anilines is 2. The van der Waals surface area contributed by atoms with Crippen molar-refractivity contribution in [3.8, 4) is 5.75 Å². The first-order chi connectivity index (χ1) is 8.49. The van der Waals surface area contributed by atoms with Gasteiger partial charge < -0.3 is 23.2 Å². The van der Waals surface area contributed by atoms with Crippen molar-refractivity contribution >= 4 is 21.4 Å². The number of nitrogens with one attached hydrogen (secondary N) is 1. The van der Waals surface area contributed by atoms with Gasteiger partial charge >= 0.3 is 1.43 Å². The predicted molar refractivity (Wildman–Crippen MR) is 70.9 cm³/mol. The fraction of sp³-hybridized carbons (Fsp3) is 0. The van der Waals surface area contributed by atoms with E-state index in [1.54, 1.807) is 30.3 Å². The summed E-state index contributed by atoms with van der Waals surface area (Å²) in [5.41, 5.74) is 5.95. The molecular formula is C12H13ClN2O3S. The molecule has 0 radical (unpaired) electrons. The summed E-state index contributed by atoms with van der Waals surface area (Å²) in [6.07, 6.45) is 0. The molecule has 0 unspecified atom stereocenters. The van der Waals surface area contributed by atoms with Crippen molar-refractivity contribution in [3.63, 3.8) is 0 Å². The highest BCUT2D eigenvalue weighted by atomic mass is 35.5. The minimum Gasteiger partial charge on any atom is -1.00 e. The van der Waals surface area contributed by atoms with E-state index in [1.807, 2.05) is 0 Å². The number of hydrogen-bond donors (Lipinski definition) is 3. The van der Waals surface area contributed by atoms with Crippen LogP contribution < -0.4 is 22.9 Å². The first-order valence-electron chi connectivity index (χ1n) is 5.15. The second-order valence-electron chi connectivity index (χ2n) is 3.69. The van der Waals surface area contributed by atoms with E-state index >= 15 is 0 Å². The molecule has 0 aliphatic heterocycles. The highest BCUT2D eigenvalue weighted by Gasteiger charge is 2.15. The fourth-order valence-electron chi connectivity index (χ4n) is 1.42. The van der Waals surface area contributed by atoms with Gasteiger partial charge in [-0.1, -0.05) is 18.2 Å². The number of para-hydroxylation sites is 1. The largest absolute Gasteiger partial charge is 1.00 e. The Morgan fingerprint density at radius 1 is 1.11 bits per heavy atom. The average molecular weight is 301 g/mol. The van der Waals surface area contributed by atoms with Gasteiger partial charge in [0.2, 0.25) is 0 Å². The molecule has 5 nitrogen and oxygen atoms in total. The lowest BCUT2D eigenvalue weighted by molar-refractivity contribution is -0.00000701. The number of nitrogens with two attached hydrogens (primary N) is 1.